The molecule has 9 nitrogen and oxygen atoms in total. The third-order valence-corrected chi connectivity index (χ3v) is 5.99. The van der Waals surface area contributed by atoms with Gasteiger partial charge in [0, 0.05) is 24.5 Å². The molecule has 0 aliphatic heterocycles. The van der Waals surface area contributed by atoms with Gasteiger partial charge in [0.15, 0.2) is 5.82 Å². The third-order valence-electron chi connectivity index (χ3n) is 5.99. The monoisotopic (exact) mass is 428 g/mol. The van der Waals surface area contributed by atoms with Crippen LogP contribution in [-0.2, 0) is 6.54 Å². The van der Waals surface area contributed by atoms with Crippen molar-refractivity contribution in [2.75, 3.05) is 5.32 Å². The standard InChI is InChI=1S/C23H24N8O/c1-15-13-30(29-27-15)14-16-6-5-7-17(12-16)26-22-21-20(10-11-25-23(21)32)31(28-22)19-9-4-3-8-18(19)24-2/h5-7,10-13,18-19H,3-4,8-9,14H2,1H3,(H,25,32)(H,26,28)/t18-,19-/m0/s1. The van der Waals surface area contributed by atoms with E-state index in [2.05, 4.69) is 25.5 Å². The van der Waals surface area contributed by atoms with E-state index in [0.29, 0.717) is 17.7 Å². The predicted molar refractivity (Wildman–Crippen MR) is 122 cm³/mol. The molecule has 4 aromatic rings. The van der Waals surface area contributed by atoms with Gasteiger partial charge in [-0.2, -0.15) is 5.10 Å². The van der Waals surface area contributed by atoms with Gasteiger partial charge in [-0.15, -0.1) is 5.10 Å². The number of anilines is 2. The number of rotatable bonds is 5. The first-order valence-electron chi connectivity index (χ1n) is 10.8. The fourth-order valence-electron chi connectivity index (χ4n) is 4.51. The van der Waals surface area contributed by atoms with Crippen LogP contribution in [0.15, 0.2) is 47.5 Å². The molecule has 1 aromatic carbocycles. The first kappa shape index (κ1) is 20.0. The van der Waals surface area contributed by atoms with Crippen LogP contribution in [-0.4, -0.2) is 35.8 Å². The number of nitrogens with zero attached hydrogens (tertiary/aromatic N) is 6. The molecule has 0 bridgehead atoms. The number of aromatic amines is 1. The molecule has 9 heteroatoms. The SMILES string of the molecule is [C-]#[N+][C@H]1CCCC[C@@H]1n1nc(Nc2cccc(Cn3cc(C)nn3)c2)c2c(=O)[nH]ccc21. The number of aryl methyl sites for hydroxylation is 1. The molecule has 0 amide bonds. The van der Waals surface area contributed by atoms with Crippen molar-refractivity contribution >= 4 is 22.4 Å². The quantitative estimate of drug-likeness (QED) is 0.471. The average Bonchev–Trinajstić information content (AvgIpc) is 3.38. The molecule has 32 heavy (non-hydrogen) atoms. The Morgan fingerprint density at radius 2 is 2.16 bits per heavy atom. The van der Waals surface area contributed by atoms with Crippen LogP contribution in [0, 0.1) is 13.5 Å². The normalized spacial score (nSPS) is 18.5. The maximum absolute atomic E-state index is 12.7. The first-order chi connectivity index (χ1) is 15.6. The molecular formula is C23H24N8O. The summed E-state index contributed by atoms with van der Waals surface area (Å²) in [6.07, 6.45) is 7.42. The fraction of sp³-hybridized carbons (Fsp3) is 0.348. The number of aromatic nitrogens is 6. The minimum absolute atomic E-state index is 0.0250. The largest absolute Gasteiger partial charge is 0.338 e. The van der Waals surface area contributed by atoms with Crippen LogP contribution in [0.1, 0.15) is 43.0 Å². The maximum Gasteiger partial charge on any atom is 0.261 e. The van der Waals surface area contributed by atoms with E-state index in [0.717, 1.165) is 48.1 Å². The molecular weight excluding hydrogens is 404 g/mol. The first-order valence-corrected chi connectivity index (χ1v) is 10.8. The summed E-state index contributed by atoms with van der Waals surface area (Å²) in [5.74, 6) is 0.505. The van der Waals surface area contributed by atoms with Gasteiger partial charge < -0.3 is 15.1 Å². The van der Waals surface area contributed by atoms with E-state index in [1.54, 1.807) is 10.9 Å². The lowest BCUT2D eigenvalue weighted by molar-refractivity contribution is 0.321. The summed E-state index contributed by atoms with van der Waals surface area (Å²) >= 11 is 0. The van der Waals surface area contributed by atoms with E-state index in [-0.39, 0.29) is 17.6 Å². The molecule has 0 unspecified atom stereocenters. The molecule has 3 heterocycles. The Morgan fingerprint density at radius 3 is 2.97 bits per heavy atom. The summed E-state index contributed by atoms with van der Waals surface area (Å²) in [6, 6.07) is 9.67. The molecule has 5 rings (SSSR count). The molecule has 1 aliphatic carbocycles. The molecule has 0 spiro atoms. The average molecular weight is 429 g/mol. The van der Waals surface area contributed by atoms with E-state index >= 15 is 0 Å². The highest BCUT2D eigenvalue weighted by atomic mass is 16.1. The van der Waals surface area contributed by atoms with Crippen molar-refractivity contribution in [2.45, 2.75) is 51.2 Å². The summed E-state index contributed by atoms with van der Waals surface area (Å²) < 4.78 is 3.67. The van der Waals surface area contributed by atoms with E-state index in [4.69, 9.17) is 11.7 Å². The van der Waals surface area contributed by atoms with Crippen molar-refractivity contribution in [1.82, 2.24) is 29.8 Å². The zero-order valence-corrected chi connectivity index (χ0v) is 17.8. The smallest absolute Gasteiger partial charge is 0.261 e. The molecule has 0 saturated heterocycles. The minimum Gasteiger partial charge on any atom is -0.338 e. The van der Waals surface area contributed by atoms with Gasteiger partial charge in [-0.3, -0.25) is 9.48 Å². The van der Waals surface area contributed by atoms with Crippen molar-refractivity contribution in [3.63, 3.8) is 0 Å². The number of pyridine rings is 1. The number of hydrogen-bond acceptors (Lipinski definition) is 5. The number of hydrogen-bond donors (Lipinski definition) is 2. The second kappa shape index (κ2) is 8.30. The van der Waals surface area contributed by atoms with E-state index in [1.807, 2.05) is 48.1 Å². The van der Waals surface area contributed by atoms with Crippen LogP contribution in [0.2, 0.25) is 0 Å². The summed E-state index contributed by atoms with van der Waals surface area (Å²) in [6.45, 7) is 10.1. The molecule has 1 saturated carbocycles. The van der Waals surface area contributed by atoms with Gasteiger partial charge in [0.05, 0.1) is 17.8 Å². The van der Waals surface area contributed by atoms with Gasteiger partial charge in [0.2, 0.25) is 6.04 Å². The highest BCUT2D eigenvalue weighted by Crippen LogP contribution is 2.34. The van der Waals surface area contributed by atoms with E-state index in [1.165, 1.54) is 0 Å². The van der Waals surface area contributed by atoms with Gasteiger partial charge >= 0.3 is 0 Å². The van der Waals surface area contributed by atoms with Crippen molar-refractivity contribution in [1.29, 1.82) is 0 Å². The van der Waals surface area contributed by atoms with Crippen molar-refractivity contribution < 1.29 is 0 Å². The van der Waals surface area contributed by atoms with Gasteiger partial charge in [-0.05, 0) is 43.5 Å². The Balaban J connectivity index is 1.50. The van der Waals surface area contributed by atoms with Crippen molar-refractivity contribution in [3.05, 3.63) is 75.8 Å². The Kier molecular flexibility index (Phi) is 5.19. The summed E-state index contributed by atoms with van der Waals surface area (Å²) in [4.78, 5) is 19.3. The molecule has 1 aliphatic rings. The van der Waals surface area contributed by atoms with Crippen molar-refractivity contribution in [3.8, 4) is 0 Å². The molecule has 0 radical (unpaired) electrons. The zero-order chi connectivity index (χ0) is 22.1. The summed E-state index contributed by atoms with van der Waals surface area (Å²) in [5.41, 5.74) is 3.32. The molecule has 2 atom stereocenters. The molecule has 162 valence electrons. The Hall–Kier alpha value is -3.93. The molecule has 2 N–H and O–H groups in total. The lowest BCUT2D eigenvalue weighted by atomic mass is 9.91. The lowest BCUT2D eigenvalue weighted by Gasteiger charge is -2.24. The number of benzene rings is 1. The third kappa shape index (κ3) is 3.75. The Labute approximate surface area is 184 Å². The van der Waals surface area contributed by atoms with Crippen LogP contribution in [0.3, 0.4) is 0 Å². The van der Waals surface area contributed by atoms with Crippen LogP contribution in [0.5, 0.6) is 0 Å². The summed E-state index contributed by atoms with van der Waals surface area (Å²) in [5, 5.41) is 16.8. The van der Waals surface area contributed by atoms with Crippen molar-refractivity contribution in [2.24, 2.45) is 0 Å². The molecule has 1 fully saturated rings. The van der Waals surface area contributed by atoms with E-state index in [9.17, 15) is 4.79 Å². The topological polar surface area (TPSA) is 97.8 Å². The minimum atomic E-state index is -0.194. The number of nitrogens with one attached hydrogen (secondary N) is 2. The van der Waals surface area contributed by atoms with Gasteiger partial charge in [0.1, 0.15) is 11.4 Å². The second-order valence-electron chi connectivity index (χ2n) is 8.29. The van der Waals surface area contributed by atoms with E-state index < -0.39 is 0 Å². The Morgan fingerprint density at radius 1 is 1.28 bits per heavy atom. The predicted octanol–water partition coefficient (Wildman–Crippen LogP) is 3.82. The van der Waals surface area contributed by atoms with Crippen LogP contribution in [0.4, 0.5) is 11.5 Å². The number of H-pyrrole nitrogens is 1. The Bertz CT molecular complexity index is 1360. The van der Waals surface area contributed by atoms with Crippen LogP contribution >= 0.6 is 0 Å². The van der Waals surface area contributed by atoms with Crippen LogP contribution < -0.4 is 10.9 Å². The maximum atomic E-state index is 12.7. The number of fused-ring (bicyclic) bond motifs is 1. The van der Waals surface area contributed by atoms with Gasteiger partial charge in [-0.25, -0.2) is 11.3 Å². The highest BCUT2D eigenvalue weighted by molar-refractivity contribution is 5.91. The lowest BCUT2D eigenvalue weighted by Crippen LogP contribution is -2.26. The second-order valence-corrected chi connectivity index (χ2v) is 8.29. The zero-order valence-electron chi connectivity index (χ0n) is 17.8. The van der Waals surface area contributed by atoms with Gasteiger partial charge in [-0.1, -0.05) is 23.8 Å². The molecule has 3 aromatic heterocycles. The summed E-state index contributed by atoms with van der Waals surface area (Å²) in [7, 11) is 0. The fourth-order valence-corrected chi connectivity index (χ4v) is 4.51. The highest BCUT2D eigenvalue weighted by Gasteiger charge is 2.33. The van der Waals surface area contributed by atoms with Gasteiger partial charge in [0.25, 0.3) is 5.56 Å². The van der Waals surface area contributed by atoms with Crippen LogP contribution in [0.25, 0.3) is 15.7 Å².